The first-order valence-electron chi connectivity index (χ1n) is 5.50. The number of nitrogens with zero attached hydrogens (tertiary/aromatic N) is 5. The van der Waals surface area contributed by atoms with Gasteiger partial charge in [0.15, 0.2) is 0 Å². The lowest BCUT2D eigenvalue weighted by Gasteiger charge is -2.08. The van der Waals surface area contributed by atoms with E-state index in [1.807, 2.05) is 0 Å². The number of aromatic nitrogens is 4. The molecule has 0 radical (unpaired) electrons. The van der Waals surface area contributed by atoms with Crippen molar-refractivity contribution in [3.8, 4) is 6.07 Å². The van der Waals surface area contributed by atoms with E-state index in [2.05, 4.69) is 20.4 Å². The molecule has 0 bridgehead atoms. The molecule has 0 saturated heterocycles. The van der Waals surface area contributed by atoms with Gasteiger partial charge in [-0.25, -0.2) is 4.39 Å². The first kappa shape index (κ1) is 12.3. The molecular formula is C12H6ClFN6. The monoisotopic (exact) mass is 288 g/mol. The maximum absolute atomic E-state index is 13.3. The number of rotatable bonds is 2. The Morgan fingerprint density at radius 1 is 1.35 bits per heavy atom. The zero-order valence-corrected chi connectivity index (χ0v) is 10.6. The fraction of sp³-hybridized carbons (Fsp3) is 0. The van der Waals surface area contributed by atoms with E-state index < -0.39 is 5.82 Å². The Kier molecular flexibility index (Phi) is 2.93. The maximum atomic E-state index is 13.3. The average Bonchev–Trinajstić information content (AvgIpc) is 2.89. The molecule has 0 aliphatic rings. The minimum absolute atomic E-state index is 0.0509. The summed E-state index contributed by atoms with van der Waals surface area (Å²) in [6.45, 7) is 0. The second kappa shape index (κ2) is 4.75. The molecule has 20 heavy (non-hydrogen) atoms. The van der Waals surface area contributed by atoms with Gasteiger partial charge in [-0.1, -0.05) is 11.6 Å². The molecule has 0 aliphatic carbocycles. The molecular weight excluding hydrogens is 283 g/mol. The van der Waals surface area contributed by atoms with E-state index in [9.17, 15) is 4.39 Å². The predicted octanol–water partition coefficient (Wildman–Crippen LogP) is 2.53. The van der Waals surface area contributed by atoms with Crippen LogP contribution in [0.15, 0.2) is 30.6 Å². The number of hydrogen-bond donors (Lipinski definition) is 1. The number of nitriles is 1. The molecule has 6 nitrogen and oxygen atoms in total. The third-order valence-electron chi connectivity index (χ3n) is 2.58. The average molecular weight is 289 g/mol. The molecule has 1 aromatic carbocycles. The topological polar surface area (TPSA) is 78.9 Å². The SMILES string of the molecule is N#Cc1cc(Nc2cc(Cl)nc3ncnn23)ccc1F. The van der Waals surface area contributed by atoms with Crippen molar-refractivity contribution in [1.29, 1.82) is 5.26 Å². The molecule has 2 aromatic heterocycles. The van der Waals surface area contributed by atoms with Crippen LogP contribution < -0.4 is 5.32 Å². The van der Waals surface area contributed by atoms with Gasteiger partial charge < -0.3 is 5.32 Å². The summed E-state index contributed by atoms with van der Waals surface area (Å²) in [6.07, 6.45) is 1.34. The van der Waals surface area contributed by atoms with E-state index in [-0.39, 0.29) is 10.7 Å². The second-order valence-electron chi connectivity index (χ2n) is 3.87. The summed E-state index contributed by atoms with van der Waals surface area (Å²) in [5.41, 5.74) is 0.479. The van der Waals surface area contributed by atoms with Crippen molar-refractivity contribution in [2.45, 2.75) is 0 Å². The van der Waals surface area contributed by atoms with Crippen LogP contribution in [0.3, 0.4) is 0 Å². The van der Waals surface area contributed by atoms with Gasteiger partial charge in [0.1, 0.15) is 29.2 Å². The zero-order valence-electron chi connectivity index (χ0n) is 9.88. The molecule has 3 rings (SSSR count). The van der Waals surface area contributed by atoms with Crippen molar-refractivity contribution in [2.75, 3.05) is 5.32 Å². The van der Waals surface area contributed by atoms with Crippen LogP contribution in [0.4, 0.5) is 15.9 Å². The largest absolute Gasteiger partial charge is 0.340 e. The summed E-state index contributed by atoms with van der Waals surface area (Å²) < 4.78 is 14.7. The molecule has 1 N–H and O–H groups in total. The number of halogens is 2. The molecule has 0 fully saturated rings. The molecule has 2 heterocycles. The number of benzene rings is 1. The quantitative estimate of drug-likeness (QED) is 0.733. The summed E-state index contributed by atoms with van der Waals surface area (Å²) in [4.78, 5) is 7.92. The highest BCUT2D eigenvalue weighted by molar-refractivity contribution is 6.29. The van der Waals surface area contributed by atoms with Gasteiger partial charge in [-0.3, -0.25) is 0 Å². The van der Waals surface area contributed by atoms with Crippen LogP contribution in [0.1, 0.15) is 5.56 Å². The molecule has 8 heteroatoms. The maximum Gasteiger partial charge on any atom is 0.255 e. The highest BCUT2D eigenvalue weighted by Gasteiger charge is 2.08. The Bertz CT molecular complexity index is 838. The smallest absolute Gasteiger partial charge is 0.255 e. The van der Waals surface area contributed by atoms with E-state index in [0.29, 0.717) is 17.3 Å². The molecule has 0 unspecified atom stereocenters. The van der Waals surface area contributed by atoms with Crippen molar-refractivity contribution in [1.82, 2.24) is 19.6 Å². The fourth-order valence-electron chi connectivity index (χ4n) is 1.71. The highest BCUT2D eigenvalue weighted by Crippen LogP contribution is 2.21. The number of anilines is 2. The highest BCUT2D eigenvalue weighted by atomic mass is 35.5. The van der Waals surface area contributed by atoms with E-state index in [0.717, 1.165) is 0 Å². The van der Waals surface area contributed by atoms with Gasteiger partial charge in [0.2, 0.25) is 0 Å². The van der Waals surface area contributed by atoms with Crippen LogP contribution in [0.5, 0.6) is 0 Å². The van der Waals surface area contributed by atoms with Gasteiger partial charge in [0.25, 0.3) is 5.78 Å². The van der Waals surface area contributed by atoms with Crippen LogP contribution >= 0.6 is 11.6 Å². The Balaban J connectivity index is 2.05. The lowest BCUT2D eigenvalue weighted by molar-refractivity contribution is 0.624. The lowest BCUT2D eigenvalue weighted by Crippen LogP contribution is -2.02. The fourth-order valence-corrected chi connectivity index (χ4v) is 1.89. The van der Waals surface area contributed by atoms with Crippen LogP contribution in [-0.4, -0.2) is 19.6 Å². The third-order valence-corrected chi connectivity index (χ3v) is 2.77. The van der Waals surface area contributed by atoms with Gasteiger partial charge in [-0.05, 0) is 18.2 Å². The summed E-state index contributed by atoms with van der Waals surface area (Å²) in [6, 6.07) is 7.44. The van der Waals surface area contributed by atoms with Crippen LogP contribution in [0, 0.1) is 17.1 Å². The molecule has 98 valence electrons. The van der Waals surface area contributed by atoms with Crippen molar-refractivity contribution in [2.24, 2.45) is 0 Å². The summed E-state index contributed by atoms with van der Waals surface area (Å²) >= 11 is 5.89. The Hall–Kier alpha value is -2.72. The van der Waals surface area contributed by atoms with Crippen LogP contribution in [-0.2, 0) is 0 Å². The standard InChI is InChI=1S/C12H6ClFN6/c13-10-4-11(20-12(19-10)16-6-17-20)18-8-1-2-9(14)7(3-8)5-15/h1-4,6,18H. The Morgan fingerprint density at radius 3 is 3.00 bits per heavy atom. The van der Waals surface area contributed by atoms with E-state index in [4.69, 9.17) is 16.9 Å². The van der Waals surface area contributed by atoms with Gasteiger partial charge in [0.05, 0.1) is 5.56 Å². The van der Waals surface area contributed by atoms with Gasteiger partial charge in [-0.15, -0.1) is 0 Å². The second-order valence-corrected chi connectivity index (χ2v) is 4.25. The Morgan fingerprint density at radius 2 is 2.20 bits per heavy atom. The van der Waals surface area contributed by atoms with Gasteiger partial charge in [0, 0.05) is 11.8 Å². The molecule has 0 spiro atoms. The molecule has 0 aliphatic heterocycles. The molecule has 0 amide bonds. The van der Waals surface area contributed by atoms with Crippen LogP contribution in [0.25, 0.3) is 5.78 Å². The lowest BCUT2D eigenvalue weighted by atomic mass is 10.2. The zero-order chi connectivity index (χ0) is 14.1. The minimum Gasteiger partial charge on any atom is -0.340 e. The number of nitrogens with one attached hydrogen (secondary N) is 1. The minimum atomic E-state index is -0.572. The normalized spacial score (nSPS) is 10.4. The summed E-state index contributed by atoms with van der Waals surface area (Å²) in [7, 11) is 0. The van der Waals surface area contributed by atoms with Crippen molar-refractivity contribution >= 4 is 28.9 Å². The van der Waals surface area contributed by atoms with E-state index >= 15 is 0 Å². The third kappa shape index (κ3) is 2.13. The Labute approximate surface area is 117 Å². The first-order valence-corrected chi connectivity index (χ1v) is 5.88. The van der Waals surface area contributed by atoms with E-state index in [1.54, 1.807) is 12.1 Å². The number of fused-ring (bicyclic) bond motifs is 1. The molecule has 3 aromatic rings. The molecule has 0 atom stereocenters. The van der Waals surface area contributed by atoms with Crippen LogP contribution in [0.2, 0.25) is 5.15 Å². The van der Waals surface area contributed by atoms with Crippen molar-refractivity contribution < 1.29 is 4.39 Å². The van der Waals surface area contributed by atoms with Crippen molar-refractivity contribution in [3.63, 3.8) is 0 Å². The van der Waals surface area contributed by atoms with E-state index in [1.165, 1.54) is 29.0 Å². The number of hydrogen-bond acceptors (Lipinski definition) is 5. The van der Waals surface area contributed by atoms with Gasteiger partial charge in [-0.2, -0.15) is 24.8 Å². The van der Waals surface area contributed by atoms with Gasteiger partial charge >= 0.3 is 0 Å². The molecule has 0 saturated carbocycles. The summed E-state index contributed by atoms with van der Waals surface area (Å²) in [5, 5.41) is 16.1. The first-order chi connectivity index (χ1) is 9.67. The summed E-state index contributed by atoms with van der Waals surface area (Å²) in [5.74, 6) is 0.271. The van der Waals surface area contributed by atoms with Crippen molar-refractivity contribution in [3.05, 3.63) is 47.1 Å². The predicted molar refractivity (Wildman–Crippen MR) is 70.2 cm³/mol.